The lowest BCUT2D eigenvalue weighted by Crippen LogP contribution is -1.88. The number of nitrogens with one attached hydrogen (secondary N) is 2. The molecule has 0 aromatic carbocycles. The first kappa shape index (κ1) is 20.5. The van der Waals surface area contributed by atoms with Crippen LogP contribution in [0.3, 0.4) is 0 Å². The Labute approximate surface area is 189 Å². The third-order valence-corrected chi connectivity index (χ3v) is 6.47. The van der Waals surface area contributed by atoms with Crippen LogP contribution in [-0.2, 0) is 25.7 Å². The Bertz CT molecular complexity index is 1300. The van der Waals surface area contributed by atoms with Gasteiger partial charge >= 0.3 is 0 Å². The topological polar surface area (TPSA) is 57.4 Å². The number of aryl methyl sites for hydroxylation is 4. The fourth-order valence-electron chi connectivity index (χ4n) is 4.66. The monoisotopic (exact) mass is 422 g/mol. The fourth-order valence-corrected chi connectivity index (χ4v) is 4.66. The highest BCUT2D eigenvalue weighted by Crippen LogP contribution is 2.26. The zero-order chi connectivity index (χ0) is 22.2. The molecule has 0 unspecified atom stereocenters. The first-order chi connectivity index (χ1) is 15.6. The summed E-state index contributed by atoms with van der Waals surface area (Å²) < 4.78 is 0. The Kier molecular flexibility index (Phi) is 5.30. The van der Waals surface area contributed by atoms with E-state index in [1.54, 1.807) is 0 Å². The zero-order valence-corrected chi connectivity index (χ0v) is 19.3. The largest absolute Gasteiger partial charge is 0.354 e. The molecule has 0 aliphatic carbocycles. The summed E-state index contributed by atoms with van der Waals surface area (Å²) in [6, 6.07) is 9.06. The molecule has 5 heterocycles. The summed E-state index contributed by atoms with van der Waals surface area (Å²) >= 11 is 0. The molecule has 5 rings (SSSR count). The summed E-state index contributed by atoms with van der Waals surface area (Å²) in [5.41, 5.74) is 13.7. The van der Waals surface area contributed by atoms with E-state index in [1.807, 2.05) is 0 Å². The molecule has 0 amide bonds. The van der Waals surface area contributed by atoms with Crippen molar-refractivity contribution >= 4 is 46.4 Å². The van der Waals surface area contributed by atoms with Gasteiger partial charge in [0.15, 0.2) is 0 Å². The molecule has 8 bridgehead atoms. The van der Waals surface area contributed by atoms with Gasteiger partial charge in [0, 0.05) is 11.0 Å². The van der Waals surface area contributed by atoms with Gasteiger partial charge in [-0.3, -0.25) is 0 Å². The minimum atomic E-state index is 0.918. The molecule has 32 heavy (non-hydrogen) atoms. The lowest BCUT2D eigenvalue weighted by Gasteiger charge is -1.97. The van der Waals surface area contributed by atoms with Gasteiger partial charge in [-0.15, -0.1) is 0 Å². The van der Waals surface area contributed by atoms with E-state index in [0.717, 1.165) is 59.5 Å². The first-order valence-electron chi connectivity index (χ1n) is 11.8. The van der Waals surface area contributed by atoms with Gasteiger partial charge in [-0.1, -0.05) is 27.7 Å². The molecule has 3 aromatic heterocycles. The Morgan fingerprint density at radius 1 is 0.500 bits per heavy atom. The van der Waals surface area contributed by atoms with E-state index in [4.69, 9.17) is 9.97 Å². The van der Waals surface area contributed by atoms with Crippen molar-refractivity contribution in [2.24, 2.45) is 0 Å². The predicted octanol–water partition coefficient (Wildman–Crippen LogP) is 6.91. The van der Waals surface area contributed by atoms with Gasteiger partial charge in [-0.05, 0) is 96.5 Å². The van der Waals surface area contributed by atoms with Crippen LogP contribution in [0.1, 0.15) is 72.7 Å². The molecular weight excluding hydrogens is 392 g/mol. The highest BCUT2D eigenvalue weighted by molar-refractivity contribution is 5.87. The van der Waals surface area contributed by atoms with E-state index in [9.17, 15) is 0 Å². The van der Waals surface area contributed by atoms with Crippen LogP contribution < -0.4 is 0 Å². The van der Waals surface area contributed by atoms with Gasteiger partial charge in [-0.2, -0.15) is 0 Å². The molecule has 3 aromatic rings. The van der Waals surface area contributed by atoms with Crippen molar-refractivity contribution in [3.05, 3.63) is 69.3 Å². The lowest BCUT2D eigenvalue weighted by atomic mass is 10.1. The summed E-state index contributed by atoms with van der Waals surface area (Å²) in [6.07, 6.45) is 12.2. The third-order valence-electron chi connectivity index (χ3n) is 6.47. The standard InChI is InChI=1S/C28H30N4/c1-5-17-13-21-15-19(7-3)27(29-21)28-20(8-4)16-22(30-28)14-18(6-2)24-10-12-26(32-24)25-11-9-23(17)31-25/h9-16,29-30H,5-8H2,1-4H3. The van der Waals surface area contributed by atoms with Gasteiger partial charge in [-0.25, -0.2) is 9.97 Å². The predicted molar refractivity (Wildman–Crippen MR) is 136 cm³/mol. The summed E-state index contributed by atoms with van der Waals surface area (Å²) in [7, 11) is 0. The molecule has 0 saturated carbocycles. The molecule has 2 N–H and O–H groups in total. The molecule has 0 radical (unpaired) electrons. The Hall–Kier alpha value is -3.40. The molecule has 2 aliphatic heterocycles. The normalized spacial score (nSPS) is 12.6. The maximum atomic E-state index is 4.93. The molecular formula is C28H30N4. The fraction of sp³-hybridized carbons (Fsp3) is 0.286. The van der Waals surface area contributed by atoms with E-state index < -0.39 is 0 Å². The van der Waals surface area contributed by atoms with Crippen LogP contribution in [0, 0.1) is 0 Å². The van der Waals surface area contributed by atoms with Crippen molar-refractivity contribution in [1.82, 2.24) is 19.9 Å². The third kappa shape index (κ3) is 3.50. The van der Waals surface area contributed by atoms with Crippen molar-refractivity contribution in [2.75, 3.05) is 0 Å². The van der Waals surface area contributed by atoms with Crippen LogP contribution in [0.5, 0.6) is 0 Å². The second kappa shape index (κ2) is 8.27. The van der Waals surface area contributed by atoms with E-state index >= 15 is 0 Å². The van der Waals surface area contributed by atoms with Crippen LogP contribution in [0.4, 0.5) is 0 Å². The van der Waals surface area contributed by atoms with Crippen LogP contribution in [0.25, 0.3) is 46.4 Å². The van der Waals surface area contributed by atoms with Crippen molar-refractivity contribution in [2.45, 2.75) is 53.4 Å². The van der Waals surface area contributed by atoms with Crippen LogP contribution >= 0.6 is 0 Å². The van der Waals surface area contributed by atoms with Gasteiger partial charge in [0.25, 0.3) is 0 Å². The summed E-state index contributed by atoms with van der Waals surface area (Å²) in [6.45, 7) is 8.81. The van der Waals surface area contributed by atoms with E-state index in [-0.39, 0.29) is 0 Å². The summed E-state index contributed by atoms with van der Waals surface area (Å²) in [5, 5.41) is 0. The average molecular weight is 423 g/mol. The van der Waals surface area contributed by atoms with E-state index in [2.05, 4.69) is 86.2 Å². The van der Waals surface area contributed by atoms with Crippen molar-refractivity contribution < 1.29 is 0 Å². The van der Waals surface area contributed by atoms with Crippen LogP contribution in [0.2, 0.25) is 0 Å². The van der Waals surface area contributed by atoms with E-state index in [0.29, 0.717) is 0 Å². The SMILES string of the molecule is CCc1cc2cc(CC)c([nH]2)c2[nH]c(cc(CC)c3nc(c4nc1C=C4)C=C3)cc2CC. The minimum Gasteiger partial charge on any atom is -0.354 e. The van der Waals surface area contributed by atoms with Gasteiger partial charge in [0.1, 0.15) is 0 Å². The quantitative estimate of drug-likeness (QED) is 0.331. The molecule has 0 fully saturated rings. The highest BCUT2D eigenvalue weighted by Gasteiger charge is 2.12. The van der Waals surface area contributed by atoms with Gasteiger partial charge in [0.2, 0.25) is 0 Å². The molecule has 4 heteroatoms. The minimum absolute atomic E-state index is 0.918. The zero-order valence-electron chi connectivity index (χ0n) is 19.3. The molecule has 0 saturated heterocycles. The highest BCUT2D eigenvalue weighted by atomic mass is 14.8. The smallest absolute Gasteiger partial charge is 0.0894 e. The number of rotatable bonds is 4. The second-order valence-electron chi connectivity index (χ2n) is 8.43. The maximum absolute atomic E-state index is 4.93. The first-order valence-corrected chi connectivity index (χ1v) is 11.8. The van der Waals surface area contributed by atoms with Crippen molar-refractivity contribution in [3.63, 3.8) is 0 Å². The Morgan fingerprint density at radius 3 is 1.22 bits per heavy atom. The average Bonchev–Trinajstić information content (AvgIpc) is 3.59. The number of fused-ring (bicyclic) bond motifs is 10. The second-order valence-corrected chi connectivity index (χ2v) is 8.43. The lowest BCUT2D eigenvalue weighted by molar-refractivity contribution is 1.09. The number of aromatic nitrogens is 4. The molecule has 0 spiro atoms. The molecule has 4 nitrogen and oxygen atoms in total. The summed E-state index contributed by atoms with van der Waals surface area (Å²) in [4.78, 5) is 17.3. The summed E-state index contributed by atoms with van der Waals surface area (Å²) in [5.74, 6) is 0. The Morgan fingerprint density at radius 2 is 0.844 bits per heavy atom. The van der Waals surface area contributed by atoms with Gasteiger partial charge < -0.3 is 9.97 Å². The number of hydrogen-bond donors (Lipinski definition) is 2. The molecule has 0 atom stereocenters. The number of aromatic amines is 2. The molecule has 2 aliphatic rings. The number of H-pyrrole nitrogens is 2. The Balaban J connectivity index is 1.96. The van der Waals surface area contributed by atoms with Crippen LogP contribution in [0.15, 0.2) is 24.3 Å². The van der Waals surface area contributed by atoms with Crippen molar-refractivity contribution in [3.8, 4) is 0 Å². The molecule has 162 valence electrons. The number of nitrogens with zero attached hydrogens (tertiary/aromatic N) is 2. The van der Waals surface area contributed by atoms with Crippen LogP contribution in [-0.4, -0.2) is 19.9 Å². The maximum Gasteiger partial charge on any atom is 0.0894 e. The van der Waals surface area contributed by atoms with E-state index in [1.165, 1.54) is 33.3 Å². The number of hydrogen-bond acceptors (Lipinski definition) is 2. The van der Waals surface area contributed by atoms with Crippen molar-refractivity contribution in [1.29, 1.82) is 0 Å². The van der Waals surface area contributed by atoms with Gasteiger partial charge in [0.05, 0.1) is 33.8 Å².